The van der Waals surface area contributed by atoms with E-state index in [9.17, 15) is 30.0 Å². The number of thioether (sulfide) groups is 1. The standard InChI is InChI=1S/C30H43N3O7S/c31-22(17-20-11-5-3-6-12-20)28(38)33-23(18-21-13-7-4-8-14-21)29(39)32-15-9-1-2-10-16-41-30-27(37)26(36)25(35)24(19-34)40-30/h3-8,11-14,22-27,30,34-37H,1-2,9-10,15-19,31H2,(H,32,39)(H,33,38)/t22-,23-,24+,25-,26-,27+,30-/m0/s1. The lowest BCUT2D eigenvalue weighted by Crippen LogP contribution is -2.57. The largest absolute Gasteiger partial charge is 0.394 e. The Morgan fingerprint density at radius 2 is 1.44 bits per heavy atom. The number of aliphatic hydroxyl groups is 4. The van der Waals surface area contributed by atoms with Gasteiger partial charge in [-0.15, -0.1) is 11.8 Å². The topological polar surface area (TPSA) is 174 Å². The number of nitrogens with two attached hydrogens (primary N) is 1. The van der Waals surface area contributed by atoms with Crippen molar-refractivity contribution in [3.63, 3.8) is 0 Å². The monoisotopic (exact) mass is 589 g/mol. The second kappa shape index (κ2) is 17.4. The minimum absolute atomic E-state index is 0.257. The fourth-order valence-electron chi connectivity index (χ4n) is 4.62. The second-order valence-electron chi connectivity index (χ2n) is 10.3. The molecule has 1 aliphatic rings. The molecule has 0 aromatic heterocycles. The molecule has 0 saturated carbocycles. The number of nitrogens with one attached hydrogen (secondary N) is 2. The molecular formula is C30H43N3O7S. The summed E-state index contributed by atoms with van der Waals surface area (Å²) in [4.78, 5) is 25.9. The Hall–Kier alpha value is -2.51. The Bertz CT molecular complexity index is 1050. The maximum absolute atomic E-state index is 13.0. The number of ether oxygens (including phenoxy) is 1. The maximum atomic E-state index is 13.0. The first kappa shape index (κ1) is 33.0. The number of aliphatic hydroxyl groups excluding tert-OH is 4. The molecule has 0 bridgehead atoms. The maximum Gasteiger partial charge on any atom is 0.242 e. The van der Waals surface area contributed by atoms with E-state index in [0.29, 0.717) is 25.1 Å². The molecule has 1 aliphatic heterocycles. The van der Waals surface area contributed by atoms with E-state index in [-0.39, 0.29) is 11.8 Å². The predicted molar refractivity (Wildman–Crippen MR) is 158 cm³/mol. The number of hydrogen-bond donors (Lipinski definition) is 7. The smallest absolute Gasteiger partial charge is 0.242 e. The summed E-state index contributed by atoms with van der Waals surface area (Å²) in [5, 5.41) is 45.0. The molecule has 2 aromatic rings. The molecule has 0 spiro atoms. The van der Waals surface area contributed by atoms with Crippen LogP contribution < -0.4 is 16.4 Å². The molecule has 2 aromatic carbocycles. The van der Waals surface area contributed by atoms with E-state index in [2.05, 4.69) is 10.6 Å². The van der Waals surface area contributed by atoms with Gasteiger partial charge in [-0.2, -0.15) is 0 Å². The van der Waals surface area contributed by atoms with Gasteiger partial charge in [0.15, 0.2) is 0 Å². The van der Waals surface area contributed by atoms with Gasteiger partial charge >= 0.3 is 0 Å². The van der Waals surface area contributed by atoms with Crippen LogP contribution in [0.2, 0.25) is 0 Å². The van der Waals surface area contributed by atoms with Crippen molar-refractivity contribution < 1.29 is 34.8 Å². The van der Waals surface area contributed by atoms with Crippen molar-refractivity contribution in [3.05, 3.63) is 71.8 Å². The Morgan fingerprint density at radius 1 is 0.829 bits per heavy atom. The summed E-state index contributed by atoms with van der Waals surface area (Å²) in [5.74, 6) is 0.0397. The number of carbonyl (C=O) groups excluding carboxylic acids is 2. The summed E-state index contributed by atoms with van der Waals surface area (Å²) in [6.07, 6.45) is -0.769. The van der Waals surface area contributed by atoms with Gasteiger partial charge in [0, 0.05) is 13.0 Å². The Morgan fingerprint density at radius 3 is 2.07 bits per heavy atom. The first-order valence-corrected chi connectivity index (χ1v) is 15.2. The van der Waals surface area contributed by atoms with E-state index in [1.54, 1.807) is 0 Å². The second-order valence-corrected chi connectivity index (χ2v) is 11.5. The van der Waals surface area contributed by atoms with Gasteiger partial charge in [-0.1, -0.05) is 73.5 Å². The summed E-state index contributed by atoms with van der Waals surface area (Å²) in [6.45, 7) is 0.0278. The van der Waals surface area contributed by atoms with E-state index in [1.807, 2.05) is 60.7 Å². The third kappa shape index (κ3) is 10.7. The summed E-state index contributed by atoms with van der Waals surface area (Å²) in [5.41, 5.74) is 7.31. The molecular weight excluding hydrogens is 546 g/mol. The van der Waals surface area contributed by atoms with Gasteiger partial charge < -0.3 is 41.5 Å². The molecule has 3 rings (SSSR count). The van der Waals surface area contributed by atoms with E-state index < -0.39 is 48.5 Å². The van der Waals surface area contributed by atoms with E-state index in [1.165, 1.54) is 11.8 Å². The van der Waals surface area contributed by atoms with Crippen LogP contribution in [0.15, 0.2) is 60.7 Å². The van der Waals surface area contributed by atoms with Gasteiger partial charge in [-0.05, 0) is 36.1 Å². The van der Waals surface area contributed by atoms with Crippen molar-refractivity contribution in [2.75, 3.05) is 18.9 Å². The quantitative estimate of drug-likeness (QED) is 0.138. The first-order valence-electron chi connectivity index (χ1n) is 14.1. The van der Waals surface area contributed by atoms with Crippen molar-refractivity contribution in [2.24, 2.45) is 5.73 Å². The number of carbonyl (C=O) groups is 2. The van der Waals surface area contributed by atoms with Crippen LogP contribution in [0.3, 0.4) is 0 Å². The van der Waals surface area contributed by atoms with Crippen LogP contribution in [0, 0.1) is 0 Å². The van der Waals surface area contributed by atoms with E-state index in [0.717, 1.165) is 36.8 Å². The number of benzene rings is 2. The number of unbranched alkanes of at least 4 members (excludes halogenated alkanes) is 3. The van der Waals surface area contributed by atoms with Crippen LogP contribution in [0.25, 0.3) is 0 Å². The lowest BCUT2D eigenvalue weighted by atomic mass is 10.0. The fraction of sp³-hybridized carbons (Fsp3) is 0.533. The Kier molecular flexibility index (Phi) is 14.0. The number of amides is 2. The summed E-state index contributed by atoms with van der Waals surface area (Å²) in [6, 6.07) is 17.5. The highest BCUT2D eigenvalue weighted by atomic mass is 32.2. The van der Waals surface area contributed by atoms with Crippen LogP contribution in [-0.4, -0.2) is 93.1 Å². The molecule has 2 amide bonds. The van der Waals surface area contributed by atoms with Gasteiger partial charge in [-0.25, -0.2) is 0 Å². The zero-order valence-electron chi connectivity index (χ0n) is 23.2. The number of rotatable bonds is 16. The Labute approximate surface area is 245 Å². The van der Waals surface area contributed by atoms with Gasteiger partial charge in [0.05, 0.1) is 12.6 Å². The summed E-state index contributed by atoms with van der Waals surface area (Å²) < 4.78 is 5.51. The zero-order valence-corrected chi connectivity index (χ0v) is 24.0. The lowest BCUT2D eigenvalue weighted by molar-refractivity contribution is -0.205. The molecule has 226 valence electrons. The van der Waals surface area contributed by atoms with Crippen molar-refractivity contribution in [2.45, 2.75) is 80.5 Å². The highest BCUT2D eigenvalue weighted by Gasteiger charge is 2.43. The summed E-state index contributed by atoms with van der Waals surface area (Å²) >= 11 is 1.34. The molecule has 0 aliphatic carbocycles. The van der Waals surface area contributed by atoms with E-state index >= 15 is 0 Å². The van der Waals surface area contributed by atoms with Crippen molar-refractivity contribution >= 4 is 23.6 Å². The highest BCUT2D eigenvalue weighted by molar-refractivity contribution is 7.99. The van der Waals surface area contributed by atoms with Crippen LogP contribution in [0.1, 0.15) is 36.8 Å². The molecule has 11 heteroatoms. The molecule has 7 atom stereocenters. The minimum atomic E-state index is -1.36. The minimum Gasteiger partial charge on any atom is -0.394 e. The SMILES string of the molecule is N[C@@H](Cc1ccccc1)C(=O)N[C@@H](Cc1ccccc1)C(=O)NCCCCCCS[C@@H]1O[C@H](CO)[C@H](O)[C@H](O)[C@H]1O. The van der Waals surface area contributed by atoms with Crippen molar-refractivity contribution in [1.82, 2.24) is 10.6 Å². The highest BCUT2D eigenvalue weighted by Crippen LogP contribution is 2.29. The van der Waals surface area contributed by atoms with Gasteiger partial charge in [0.2, 0.25) is 11.8 Å². The van der Waals surface area contributed by atoms with E-state index in [4.69, 9.17) is 10.5 Å². The summed E-state index contributed by atoms with van der Waals surface area (Å²) in [7, 11) is 0. The van der Waals surface area contributed by atoms with Crippen LogP contribution >= 0.6 is 11.8 Å². The molecule has 0 radical (unpaired) electrons. The van der Waals surface area contributed by atoms with Crippen LogP contribution in [0.4, 0.5) is 0 Å². The fourth-order valence-corrected chi connectivity index (χ4v) is 5.80. The van der Waals surface area contributed by atoms with Gasteiger partial charge in [-0.3, -0.25) is 9.59 Å². The van der Waals surface area contributed by atoms with Crippen LogP contribution in [0.5, 0.6) is 0 Å². The number of hydrogen-bond acceptors (Lipinski definition) is 9. The first-order chi connectivity index (χ1) is 19.8. The molecule has 8 N–H and O–H groups in total. The lowest BCUT2D eigenvalue weighted by Gasteiger charge is -2.39. The predicted octanol–water partition coefficient (Wildman–Crippen LogP) is 0.494. The van der Waals surface area contributed by atoms with Crippen molar-refractivity contribution in [1.29, 1.82) is 0 Å². The molecule has 10 nitrogen and oxygen atoms in total. The average molecular weight is 590 g/mol. The van der Waals surface area contributed by atoms with Crippen LogP contribution in [-0.2, 0) is 27.2 Å². The molecule has 1 heterocycles. The van der Waals surface area contributed by atoms with Crippen molar-refractivity contribution in [3.8, 4) is 0 Å². The molecule has 0 unspecified atom stereocenters. The third-order valence-electron chi connectivity index (χ3n) is 7.05. The zero-order chi connectivity index (χ0) is 29.6. The third-order valence-corrected chi connectivity index (χ3v) is 8.29. The molecule has 41 heavy (non-hydrogen) atoms. The molecule has 1 fully saturated rings. The Balaban J connectivity index is 1.38. The molecule has 1 saturated heterocycles. The normalized spacial score (nSPS) is 23.9. The van der Waals surface area contributed by atoms with Gasteiger partial charge in [0.1, 0.15) is 35.9 Å². The average Bonchev–Trinajstić information content (AvgIpc) is 2.98. The van der Waals surface area contributed by atoms with Gasteiger partial charge in [0.25, 0.3) is 0 Å².